The second-order valence-electron chi connectivity index (χ2n) is 7.45. The number of aliphatic hydroxyl groups is 1. The van der Waals surface area contributed by atoms with Crippen LogP contribution < -0.4 is 9.47 Å². The van der Waals surface area contributed by atoms with Crippen LogP contribution in [0.5, 0.6) is 17.2 Å². The Balaban J connectivity index is 2.15. The quantitative estimate of drug-likeness (QED) is 0.398. The summed E-state index contributed by atoms with van der Waals surface area (Å²) >= 11 is 0. The van der Waals surface area contributed by atoms with Crippen molar-refractivity contribution in [2.75, 3.05) is 41.4 Å². The van der Waals surface area contributed by atoms with Gasteiger partial charge in [-0.25, -0.2) is 0 Å². The maximum atomic E-state index is 13.0. The van der Waals surface area contributed by atoms with Crippen molar-refractivity contribution < 1.29 is 29.3 Å². The number of ether oxygens (including phenoxy) is 2. The number of likely N-dealkylation sites (tertiary alicyclic amines) is 1. The van der Waals surface area contributed by atoms with Crippen molar-refractivity contribution in [1.29, 1.82) is 0 Å². The van der Waals surface area contributed by atoms with Gasteiger partial charge in [0, 0.05) is 19.2 Å². The van der Waals surface area contributed by atoms with E-state index in [9.17, 15) is 19.8 Å². The summed E-state index contributed by atoms with van der Waals surface area (Å²) in [6.07, 6.45) is 0. The number of rotatable bonds is 7. The van der Waals surface area contributed by atoms with Gasteiger partial charge in [-0.2, -0.15) is 0 Å². The zero-order chi connectivity index (χ0) is 22.7. The van der Waals surface area contributed by atoms with Gasteiger partial charge >= 0.3 is 0 Å². The molecule has 1 aliphatic rings. The molecule has 0 spiro atoms. The third-order valence-corrected chi connectivity index (χ3v) is 5.22. The van der Waals surface area contributed by atoms with Gasteiger partial charge in [0.2, 0.25) is 0 Å². The molecule has 0 radical (unpaired) electrons. The number of hydrogen-bond acceptors (Lipinski definition) is 7. The summed E-state index contributed by atoms with van der Waals surface area (Å²) < 4.78 is 10.3. The topological polar surface area (TPSA) is 99.5 Å². The van der Waals surface area contributed by atoms with Crippen LogP contribution in [0.25, 0.3) is 5.76 Å². The number of phenols is 1. The Labute approximate surface area is 180 Å². The number of phenolic OH excluding ortho intramolecular Hbond substituents is 1. The predicted molar refractivity (Wildman–Crippen MR) is 115 cm³/mol. The molecule has 0 bridgehead atoms. The molecule has 8 heteroatoms. The molecule has 2 aromatic rings. The number of Topliss-reactive ketones (excluding diaryl/α,β-unsaturated/α-hetero) is 1. The second-order valence-corrected chi connectivity index (χ2v) is 7.45. The highest BCUT2D eigenvalue weighted by atomic mass is 16.5. The second kappa shape index (κ2) is 9.09. The number of methoxy groups -OCH3 is 2. The molecular weight excluding hydrogens is 400 g/mol. The highest BCUT2D eigenvalue weighted by Gasteiger charge is 2.46. The molecule has 1 heterocycles. The van der Waals surface area contributed by atoms with Crippen molar-refractivity contribution in [2.45, 2.75) is 6.04 Å². The Kier molecular flexibility index (Phi) is 6.50. The van der Waals surface area contributed by atoms with Gasteiger partial charge in [-0.1, -0.05) is 12.1 Å². The fourth-order valence-corrected chi connectivity index (χ4v) is 3.53. The average molecular weight is 426 g/mol. The van der Waals surface area contributed by atoms with E-state index in [1.165, 1.54) is 24.1 Å². The lowest BCUT2D eigenvalue weighted by Gasteiger charge is -2.26. The third-order valence-electron chi connectivity index (χ3n) is 5.22. The average Bonchev–Trinajstić information content (AvgIpc) is 3.01. The Morgan fingerprint density at radius 3 is 2.19 bits per heavy atom. The normalized spacial score (nSPS) is 18.0. The maximum Gasteiger partial charge on any atom is 0.295 e. The summed E-state index contributed by atoms with van der Waals surface area (Å²) in [5.41, 5.74) is 0.618. The summed E-state index contributed by atoms with van der Waals surface area (Å²) in [6, 6.07) is 10.5. The SMILES string of the molecule is COc1ccc(C2/C(=C(\O)c3ccc(OC)cc3O)C(=O)C(=O)N2CCN(C)C)cc1. The van der Waals surface area contributed by atoms with Crippen LogP contribution in [0.2, 0.25) is 0 Å². The molecule has 1 amide bonds. The van der Waals surface area contributed by atoms with Gasteiger partial charge in [0.05, 0.1) is 31.4 Å². The molecule has 164 valence electrons. The van der Waals surface area contributed by atoms with E-state index in [1.807, 2.05) is 19.0 Å². The minimum Gasteiger partial charge on any atom is -0.507 e. The van der Waals surface area contributed by atoms with Gasteiger partial charge in [0.25, 0.3) is 11.7 Å². The van der Waals surface area contributed by atoms with Gasteiger partial charge in [0.15, 0.2) is 0 Å². The molecule has 0 saturated carbocycles. The molecule has 1 unspecified atom stereocenters. The number of amides is 1. The summed E-state index contributed by atoms with van der Waals surface area (Å²) in [5.74, 6) is -1.17. The minimum absolute atomic E-state index is 0.0462. The number of aromatic hydroxyl groups is 1. The molecule has 1 aliphatic heterocycles. The van der Waals surface area contributed by atoms with E-state index in [4.69, 9.17) is 9.47 Å². The van der Waals surface area contributed by atoms with Gasteiger partial charge in [-0.05, 0) is 43.9 Å². The van der Waals surface area contributed by atoms with E-state index in [-0.39, 0.29) is 16.9 Å². The Hall–Kier alpha value is -3.52. The molecule has 31 heavy (non-hydrogen) atoms. The zero-order valence-electron chi connectivity index (χ0n) is 18.0. The van der Waals surface area contributed by atoms with Crippen molar-refractivity contribution in [3.63, 3.8) is 0 Å². The van der Waals surface area contributed by atoms with Crippen molar-refractivity contribution in [1.82, 2.24) is 9.80 Å². The Morgan fingerprint density at radius 2 is 1.65 bits per heavy atom. The lowest BCUT2D eigenvalue weighted by atomic mass is 9.95. The highest BCUT2D eigenvalue weighted by molar-refractivity contribution is 6.46. The number of carbonyl (C=O) groups excluding carboxylic acids is 2. The molecule has 1 atom stereocenters. The van der Waals surface area contributed by atoms with Crippen LogP contribution in [0.3, 0.4) is 0 Å². The van der Waals surface area contributed by atoms with Gasteiger partial charge in [-0.15, -0.1) is 0 Å². The van der Waals surface area contributed by atoms with E-state index >= 15 is 0 Å². The van der Waals surface area contributed by atoms with E-state index in [0.29, 0.717) is 30.2 Å². The van der Waals surface area contributed by atoms with Crippen molar-refractivity contribution >= 4 is 17.4 Å². The van der Waals surface area contributed by atoms with Crippen LogP contribution in [-0.2, 0) is 9.59 Å². The molecule has 1 fully saturated rings. The lowest BCUT2D eigenvalue weighted by molar-refractivity contribution is -0.140. The first-order valence-corrected chi connectivity index (χ1v) is 9.73. The fourth-order valence-electron chi connectivity index (χ4n) is 3.53. The summed E-state index contributed by atoms with van der Waals surface area (Å²) in [4.78, 5) is 29.2. The lowest BCUT2D eigenvalue weighted by Crippen LogP contribution is -2.35. The molecular formula is C23H26N2O6. The molecule has 0 aromatic heterocycles. The van der Waals surface area contributed by atoms with E-state index < -0.39 is 23.5 Å². The van der Waals surface area contributed by atoms with Gasteiger partial charge in [-0.3, -0.25) is 9.59 Å². The largest absolute Gasteiger partial charge is 0.507 e. The zero-order valence-corrected chi connectivity index (χ0v) is 18.0. The highest BCUT2D eigenvalue weighted by Crippen LogP contribution is 2.41. The number of carbonyl (C=O) groups is 2. The van der Waals surface area contributed by atoms with Crippen LogP contribution in [0.4, 0.5) is 0 Å². The summed E-state index contributed by atoms with van der Waals surface area (Å²) in [6.45, 7) is 0.827. The molecule has 3 rings (SSSR count). The molecule has 2 aromatic carbocycles. The Morgan fingerprint density at radius 1 is 1.03 bits per heavy atom. The maximum absolute atomic E-state index is 13.0. The molecule has 8 nitrogen and oxygen atoms in total. The van der Waals surface area contributed by atoms with E-state index in [0.717, 1.165) is 0 Å². The number of benzene rings is 2. The number of likely N-dealkylation sites (N-methyl/N-ethyl adjacent to an activating group) is 1. The number of aliphatic hydroxyl groups excluding tert-OH is 1. The van der Waals surface area contributed by atoms with E-state index in [2.05, 4.69) is 0 Å². The van der Waals surface area contributed by atoms with Crippen LogP contribution in [0.1, 0.15) is 17.2 Å². The molecule has 2 N–H and O–H groups in total. The standard InChI is InChI=1S/C23H26N2O6/c1-24(2)11-12-25-20(14-5-7-15(30-3)8-6-14)19(22(28)23(25)29)21(27)17-10-9-16(31-4)13-18(17)26/h5-10,13,20,26-27H,11-12H2,1-4H3/b21-19+. The molecule has 1 saturated heterocycles. The van der Waals surface area contributed by atoms with Crippen molar-refractivity contribution in [2.24, 2.45) is 0 Å². The van der Waals surface area contributed by atoms with Crippen LogP contribution in [0, 0.1) is 0 Å². The summed E-state index contributed by atoms with van der Waals surface area (Å²) in [7, 11) is 6.74. The first-order valence-electron chi connectivity index (χ1n) is 9.73. The third kappa shape index (κ3) is 4.34. The minimum atomic E-state index is -0.799. The number of ketones is 1. The van der Waals surface area contributed by atoms with Crippen LogP contribution in [-0.4, -0.2) is 73.1 Å². The van der Waals surface area contributed by atoms with Crippen LogP contribution >= 0.6 is 0 Å². The monoisotopic (exact) mass is 426 g/mol. The Bertz CT molecular complexity index is 1010. The fraction of sp³-hybridized carbons (Fsp3) is 0.304. The first-order chi connectivity index (χ1) is 14.8. The van der Waals surface area contributed by atoms with Gasteiger partial charge < -0.3 is 29.5 Å². The first kappa shape index (κ1) is 22.2. The smallest absolute Gasteiger partial charge is 0.295 e. The number of nitrogens with zero attached hydrogens (tertiary/aromatic N) is 2. The predicted octanol–water partition coefficient (Wildman–Crippen LogP) is 2.39. The molecule has 0 aliphatic carbocycles. The van der Waals surface area contributed by atoms with Crippen LogP contribution in [0.15, 0.2) is 48.0 Å². The van der Waals surface area contributed by atoms with E-state index in [1.54, 1.807) is 37.4 Å². The van der Waals surface area contributed by atoms with Gasteiger partial charge in [0.1, 0.15) is 23.0 Å². The van der Waals surface area contributed by atoms with Crippen molar-refractivity contribution in [3.8, 4) is 17.2 Å². The number of hydrogen-bond donors (Lipinski definition) is 2. The summed E-state index contributed by atoms with van der Waals surface area (Å²) in [5, 5.41) is 21.4. The van der Waals surface area contributed by atoms with Crippen molar-refractivity contribution in [3.05, 3.63) is 59.2 Å².